The van der Waals surface area contributed by atoms with E-state index in [-0.39, 0.29) is 23.3 Å². The van der Waals surface area contributed by atoms with Crippen LogP contribution in [0.3, 0.4) is 0 Å². The Bertz CT molecular complexity index is 1620. The van der Waals surface area contributed by atoms with E-state index in [1.807, 2.05) is 68.8 Å². The molecule has 1 aromatic carbocycles. The van der Waals surface area contributed by atoms with Gasteiger partial charge in [0.05, 0.1) is 22.8 Å². The van der Waals surface area contributed by atoms with Crippen LogP contribution in [0, 0.1) is 13.8 Å². The van der Waals surface area contributed by atoms with Crippen LogP contribution in [0.5, 0.6) is 0 Å². The van der Waals surface area contributed by atoms with Crippen LogP contribution in [0.2, 0.25) is 0 Å². The number of benzene rings is 1. The van der Waals surface area contributed by atoms with Crippen molar-refractivity contribution in [2.45, 2.75) is 38.4 Å². The van der Waals surface area contributed by atoms with Gasteiger partial charge in [0, 0.05) is 30.9 Å². The number of rotatable bonds is 7. The van der Waals surface area contributed by atoms with Gasteiger partial charge in [-0.2, -0.15) is 0 Å². The Balaban J connectivity index is 1.26. The number of pyridine rings is 1. The van der Waals surface area contributed by atoms with Crippen LogP contribution in [0.4, 0.5) is 0 Å². The molecule has 1 unspecified atom stereocenters. The first-order chi connectivity index (χ1) is 17.3. The number of para-hydroxylation sites is 2. The van der Waals surface area contributed by atoms with Gasteiger partial charge in [0.2, 0.25) is 5.91 Å². The lowest BCUT2D eigenvalue weighted by atomic mass is 10.1. The number of thioether (sulfide) groups is 1. The van der Waals surface area contributed by atoms with Gasteiger partial charge in [-0.3, -0.25) is 14.0 Å². The maximum absolute atomic E-state index is 13.1. The lowest BCUT2D eigenvalue weighted by molar-refractivity contribution is -0.119. The number of nitrogens with one attached hydrogen (secondary N) is 2. The number of amides is 1. The van der Waals surface area contributed by atoms with Crippen LogP contribution in [0.1, 0.15) is 41.4 Å². The van der Waals surface area contributed by atoms with E-state index in [0.29, 0.717) is 40.1 Å². The molecule has 0 saturated carbocycles. The third kappa shape index (κ3) is 4.49. The molecule has 1 atom stereocenters. The minimum atomic E-state index is -0.263. The van der Waals surface area contributed by atoms with Gasteiger partial charge in [0.1, 0.15) is 17.3 Å². The van der Waals surface area contributed by atoms with E-state index in [4.69, 9.17) is 0 Å². The maximum atomic E-state index is 13.1. The first kappa shape index (κ1) is 23.7. The lowest BCUT2D eigenvalue weighted by Crippen LogP contribution is -2.29. The maximum Gasteiger partial charge on any atom is 0.261 e. The Labute approximate surface area is 211 Å². The summed E-state index contributed by atoms with van der Waals surface area (Å²) in [6.07, 6.45) is 2.03. The molecule has 0 radical (unpaired) electrons. The van der Waals surface area contributed by atoms with Crippen LogP contribution in [0.15, 0.2) is 52.5 Å². The molecule has 1 amide bonds. The Morgan fingerprint density at radius 3 is 2.75 bits per heavy atom. The molecule has 5 aromatic rings. The largest absolute Gasteiger partial charge is 0.346 e. The summed E-state index contributed by atoms with van der Waals surface area (Å²) in [4.78, 5) is 38.1. The Morgan fingerprint density at radius 2 is 1.94 bits per heavy atom. The lowest BCUT2D eigenvalue weighted by Gasteiger charge is -2.11. The van der Waals surface area contributed by atoms with Gasteiger partial charge in [-0.15, -0.1) is 10.2 Å². The molecule has 0 saturated heterocycles. The third-order valence-electron chi connectivity index (χ3n) is 6.14. The van der Waals surface area contributed by atoms with Crippen molar-refractivity contribution in [2.75, 3.05) is 5.75 Å². The highest BCUT2D eigenvalue weighted by atomic mass is 32.2. The molecular formula is C25H26N8O2S. The molecule has 2 N–H and O–H groups in total. The van der Waals surface area contributed by atoms with Crippen LogP contribution in [0.25, 0.3) is 16.7 Å². The molecule has 5 rings (SSSR count). The summed E-state index contributed by atoms with van der Waals surface area (Å²) in [6.45, 7) is 5.66. The number of H-pyrrole nitrogens is 1. The van der Waals surface area contributed by atoms with Crippen molar-refractivity contribution in [3.05, 3.63) is 81.4 Å². The summed E-state index contributed by atoms with van der Waals surface area (Å²) in [5.41, 5.74) is 4.52. The highest BCUT2D eigenvalue weighted by Crippen LogP contribution is 2.19. The summed E-state index contributed by atoms with van der Waals surface area (Å²) in [5, 5.41) is 12.1. The van der Waals surface area contributed by atoms with Crippen LogP contribution >= 0.6 is 11.8 Å². The summed E-state index contributed by atoms with van der Waals surface area (Å²) in [7, 11) is 1.83. The Kier molecular flexibility index (Phi) is 6.31. The van der Waals surface area contributed by atoms with E-state index in [9.17, 15) is 9.59 Å². The molecule has 0 spiro atoms. The molecule has 0 aliphatic carbocycles. The topological polar surface area (TPSA) is 123 Å². The van der Waals surface area contributed by atoms with Crippen molar-refractivity contribution >= 4 is 34.3 Å². The number of hydrogen-bond acceptors (Lipinski definition) is 7. The van der Waals surface area contributed by atoms with Gasteiger partial charge in [-0.05, 0) is 44.5 Å². The fourth-order valence-corrected chi connectivity index (χ4v) is 4.83. The molecular weight excluding hydrogens is 476 g/mol. The first-order valence-electron chi connectivity index (χ1n) is 11.5. The van der Waals surface area contributed by atoms with E-state index >= 15 is 0 Å². The molecule has 11 heteroatoms. The smallest absolute Gasteiger partial charge is 0.261 e. The SMILES string of the molecule is Cc1nc2c(C)cccn2c(=O)c1Cc1nnc(SCC(=O)NC(C)c2nc3ccccc3[nH]2)n1C. The van der Waals surface area contributed by atoms with E-state index in [2.05, 4.69) is 30.5 Å². The fourth-order valence-electron chi connectivity index (χ4n) is 4.09. The van der Waals surface area contributed by atoms with Crippen molar-refractivity contribution in [1.82, 2.24) is 39.4 Å². The first-order valence-corrected chi connectivity index (χ1v) is 12.5. The highest BCUT2D eigenvalue weighted by Gasteiger charge is 2.18. The zero-order valence-electron chi connectivity index (χ0n) is 20.4. The minimum Gasteiger partial charge on any atom is -0.346 e. The van der Waals surface area contributed by atoms with E-state index in [1.165, 1.54) is 11.8 Å². The third-order valence-corrected chi connectivity index (χ3v) is 7.16. The second-order valence-electron chi connectivity index (χ2n) is 8.72. The zero-order valence-corrected chi connectivity index (χ0v) is 21.3. The molecule has 0 fully saturated rings. The van der Waals surface area contributed by atoms with Gasteiger partial charge in [-0.25, -0.2) is 9.97 Å². The van der Waals surface area contributed by atoms with Crippen molar-refractivity contribution in [3.63, 3.8) is 0 Å². The second-order valence-corrected chi connectivity index (χ2v) is 9.66. The average molecular weight is 503 g/mol. The second kappa shape index (κ2) is 9.57. The number of carbonyl (C=O) groups excluding carboxylic acids is 1. The van der Waals surface area contributed by atoms with Gasteiger partial charge < -0.3 is 14.9 Å². The number of aromatic amines is 1. The van der Waals surface area contributed by atoms with Crippen LogP contribution in [-0.2, 0) is 18.3 Å². The Morgan fingerprint density at radius 1 is 1.14 bits per heavy atom. The molecule has 4 aromatic heterocycles. The van der Waals surface area contributed by atoms with Gasteiger partial charge >= 0.3 is 0 Å². The van der Waals surface area contributed by atoms with E-state index < -0.39 is 0 Å². The van der Waals surface area contributed by atoms with Gasteiger partial charge in [0.25, 0.3) is 5.56 Å². The van der Waals surface area contributed by atoms with E-state index in [1.54, 1.807) is 10.6 Å². The number of nitrogens with zero attached hydrogens (tertiary/aromatic N) is 6. The van der Waals surface area contributed by atoms with Gasteiger partial charge in [0.15, 0.2) is 5.16 Å². The summed E-state index contributed by atoms with van der Waals surface area (Å²) < 4.78 is 3.38. The molecule has 0 aliphatic rings. The standard InChI is InChI=1S/C25H26N8O2S/c1-14-8-7-11-33-23(14)27-15(2)17(24(33)35)12-20-30-31-25(32(20)4)36-13-21(34)26-16(3)22-28-18-9-5-6-10-19(18)29-22/h5-11,16H,12-13H2,1-4H3,(H,26,34)(H,28,29). The van der Waals surface area contributed by atoms with Crippen molar-refractivity contribution in [2.24, 2.45) is 7.05 Å². The predicted molar refractivity (Wildman–Crippen MR) is 138 cm³/mol. The number of aromatic nitrogens is 7. The van der Waals surface area contributed by atoms with Crippen molar-refractivity contribution < 1.29 is 4.79 Å². The average Bonchev–Trinajstić information content (AvgIpc) is 3.45. The summed E-state index contributed by atoms with van der Waals surface area (Å²) >= 11 is 1.29. The Hall–Kier alpha value is -3.99. The summed E-state index contributed by atoms with van der Waals surface area (Å²) in [6, 6.07) is 11.2. The quantitative estimate of drug-likeness (QED) is 0.328. The zero-order chi connectivity index (χ0) is 25.4. The van der Waals surface area contributed by atoms with Gasteiger partial charge in [-0.1, -0.05) is 30.0 Å². The molecule has 0 aliphatic heterocycles. The van der Waals surface area contributed by atoms with E-state index in [0.717, 1.165) is 16.6 Å². The number of hydrogen-bond donors (Lipinski definition) is 2. The minimum absolute atomic E-state index is 0.114. The van der Waals surface area contributed by atoms with Crippen LogP contribution in [-0.4, -0.2) is 45.8 Å². The fraction of sp³-hybridized carbons (Fsp3) is 0.280. The predicted octanol–water partition coefficient (Wildman–Crippen LogP) is 2.88. The molecule has 36 heavy (non-hydrogen) atoms. The number of imidazole rings is 1. The van der Waals surface area contributed by atoms with Crippen LogP contribution < -0.4 is 10.9 Å². The molecule has 10 nitrogen and oxygen atoms in total. The normalized spacial score (nSPS) is 12.3. The molecule has 0 bridgehead atoms. The van der Waals surface area contributed by atoms with Crippen molar-refractivity contribution in [3.8, 4) is 0 Å². The number of fused-ring (bicyclic) bond motifs is 2. The number of carbonyl (C=O) groups is 1. The monoisotopic (exact) mass is 502 g/mol. The molecule has 184 valence electrons. The highest BCUT2D eigenvalue weighted by molar-refractivity contribution is 7.99. The molecule has 4 heterocycles. The number of aryl methyl sites for hydroxylation is 2. The van der Waals surface area contributed by atoms with Crippen molar-refractivity contribution in [1.29, 1.82) is 0 Å². The summed E-state index contributed by atoms with van der Waals surface area (Å²) in [5.74, 6) is 1.37.